The molecule has 0 atom stereocenters. The van der Waals surface area contributed by atoms with E-state index in [9.17, 15) is 14.0 Å². The molecular weight excluding hydrogens is 389 g/mol. The lowest BCUT2D eigenvalue weighted by atomic mass is 10.1. The van der Waals surface area contributed by atoms with E-state index in [0.29, 0.717) is 24.5 Å². The zero-order valence-corrected chi connectivity index (χ0v) is 17.6. The van der Waals surface area contributed by atoms with Crippen molar-refractivity contribution in [3.05, 3.63) is 59.4 Å². The fourth-order valence-corrected chi connectivity index (χ4v) is 3.74. The molecule has 1 heterocycles. The molecule has 0 aliphatic carbocycles. The van der Waals surface area contributed by atoms with Crippen molar-refractivity contribution in [2.75, 3.05) is 47.9 Å². The number of hydrogen-bond donors (Lipinski definition) is 1. The van der Waals surface area contributed by atoms with Crippen LogP contribution in [0.3, 0.4) is 0 Å². The lowest BCUT2D eigenvalue weighted by molar-refractivity contribution is -0.113. The summed E-state index contributed by atoms with van der Waals surface area (Å²) in [5.74, 6) is 0.179. The fourth-order valence-electron chi connectivity index (χ4n) is 3.28. The number of anilines is 2. The first-order chi connectivity index (χ1) is 14.0. The average Bonchev–Trinajstić information content (AvgIpc) is 2.72. The van der Waals surface area contributed by atoms with Crippen molar-refractivity contribution < 1.29 is 14.0 Å². The van der Waals surface area contributed by atoms with E-state index in [4.69, 9.17) is 0 Å². The normalized spacial score (nSPS) is 14.0. The molecule has 1 fully saturated rings. The van der Waals surface area contributed by atoms with Crippen molar-refractivity contribution in [3.63, 3.8) is 0 Å². The Hall–Kier alpha value is -2.54. The Kier molecular flexibility index (Phi) is 7.14. The Bertz CT molecular complexity index is 865. The summed E-state index contributed by atoms with van der Waals surface area (Å²) in [7, 11) is 0. The van der Waals surface area contributed by atoms with Crippen molar-refractivity contribution in [1.29, 1.82) is 0 Å². The molecule has 2 aromatic rings. The van der Waals surface area contributed by atoms with Crippen LogP contribution in [0.4, 0.5) is 15.8 Å². The van der Waals surface area contributed by atoms with Crippen molar-refractivity contribution >= 4 is 35.0 Å². The SMILES string of the molecule is CCSCC(=O)Nc1cc(F)cc(C(=O)N2CCN(c3ccc(C)cc3)CC2)c1. The second-order valence-electron chi connectivity index (χ2n) is 7.03. The molecule has 0 bridgehead atoms. The molecule has 2 aromatic carbocycles. The molecule has 1 saturated heterocycles. The van der Waals surface area contributed by atoms with E-state index in [0.717, 1.165) is 24.5 Å². The number of carbonyl (C=O) groups excluding carboxylic acids is 2. The molecule has 3 rings (SSSR count). The summed E-state index contributed by atoms with van der Waals surface area (Å²) in [5.41, 5.74) is 2.92. The second kappa shape index (κ2) is 9.78. The number of amides is 2. The number of aryl methyl sites for hydroxylation is 1. The highest BCUT2D eigenvalue weighted by Crippen LogP contribution is 2.20. The lowest BCUT2D eigenvalue weighted by Gasteiger charge is -2.36. The van der Waals surface area contributed by atoms with Gasteiger partial charge in [-0.15, -0.1) is 0 Å². The molecular formula is C22H26FN3O2S. The largest absolute Gasteiger partial charge is 0.368 e. The molecule has 154 valence electrons. The quantitative estimate of drug-likeness (QED) is 0.780. The summed E-state index contributed by atoms with van der Waals surface area (Å²) in [6.45, 7) is 6.61. The van der Waals surface area contributed by atoms with Crippen LogP contribution in [-0.2, 0) is 4.79 Å². The van der Waals surface area contributed by atoms with Crippen molar-refractivity contribution in [3.8, 4) is 0 Å². The van der Waals surface area contributed by atoms with Crippen LogP contribution in [0.2, 0.25) is 0 Å². The molecule has 1 aliphatic heterocycles. The van der Waals surface area contributed by atoms with E-state index in [1.165, 1.54) is 29.5 Å². The zero-order valence-electron chi connectivity index (χ0n) is 16.8. The Morgan fingerprint density at radius 1 is 1.07 bits per heavy atom. The number of nitrogens with one attached hydrogen (secondary N) is 1. The Morgan fingerprint density at radius 2 is 1.76 bits per heavy atom. The minimum Gasteiger partial charge on any atom is -0.368 e. The highest BCUT2D eigenvalue weighted by molar-refractivity contribution is 7.99. The number of thioether (sulfide) groups is 1. The minimum atomic E-state index is -0.535. The molecule has 1 N–H and O–H groups in total. The van der Waals surface area contributed by atoms with E-state index < -0.39 is 5.82 Å². The molecule has 0 saturated carbocycles. The third-order valence-electron chi connectivity index (χ3n) is 4.83. The van der Waals surface area contributed by atoms with Crippen LogP contribution in [-0.4, -0.2) is 54.4 Å². The maximum absolute atomic E-state index is 14.0. The number of nitrogens with zero attached hydrogens (tertiary/aromatic N) is 2. The maximum Gasteiger partial charge on any atom is 0.254 e. The molecule has 0 spiro atoms. The van der Waals surface area contributed by atoms with E-state index in [1.54, 1.807) is 11.0 Å². The van der Waals surface area contributed by atoms with Gasteiger partial charge in [0.25, 0.3) is 5.91 Å². The van der Waals surface area contributed by atoms with Crippen LogP contribution in [0, 0.1) is 12.7 Å². The van der Waals surface area contributed by atoms with Gasteiger partial charge in [0.15, 0.2) is 0 Å². The van der Waals surface area contributed by atoms with Crippen molar-refractivity contribution in [2.24, 2.45) is 0 Å². The summed E-state index contributed by atoms with van der Waals surface area (Å²) in [6, 6.07) is 12.3. The van der Waals surface area contributed by atoms with E-state index in [2.05, 4.69) is 41.4 Å². The second-order valence-corrected chi connectivity index (χ2v) is 8.30. The first kappa shape index (κ1) is 21.2. The van der Waals surface area contributed by atoms with Gasteiger partial charge >= 0.3 is 0 Å². The van der Waals surface area contributed by atoms with Gasteiger partial charge in [-0.3, -0.25) is 9.59 Å². The standard InChI is InChI=1S/C22H26FN3O2S/c1-3-29-15-21(27)24-19-13-17(12-18(23)14-19)22(28)26-10-8-25(9-11-26)20-6-4-16(2)5-7-20/h4-7,12-14H,3,8-11,15H2,1-2H3,(H,24,27). The van der Waals surface area contributed by atoms with Gasteiger partial charge in [0.2, 0.25) is 5.91 Å². The molecule has 7 heteroatoms. The van der Waals surface area contributed by atoms with Gasteiger partial charge in [-0.05, 0) is 43.0 Å². The number of halogens is 1. The summed E-state index contributed by atoms with van der Waals surface area (Å²) in [4.78, 5) is 28.8. The lowest BCUT2D eigenvalue weighted by Crippen LogP contribution is -2.48. The topological polar surface area (TPSA) is 52.7 Å². The third kappa shape index (κ3) is 5.73. The highest BCUT2D eigenvalue weighted by atomic mass is 32.2. The molecule has 0 unspecified atom stereocenters. The number of benzene rings is 2. The van der Waals surface area contributed by atoms with Crippen LogP contribution >= 0.6 is 11.8 Å². The predicted octanol–water partition coefficient (Wildman–Crippen LogP) is 3.79. The number of hydrogen-bond acceptors (Lipinski definition) is 4. The van der Waals surface area contributed by atoms with Crippen molar-refractivity contribution in [1.82, 2.24) is 4.90 Å². The summed E-state index contributed by atoms with van der Waals surface area (Å²) in [6.07, 6.45) is 0. The van der Waals surface area contributed by atoms with Crippen LogP contribution in [0.1, 0.15) is 22.8 Å². The number of rotatable bonds is 6. The Labute approximate surface area is 175 Å². The summed E-state index contributed by atoms with van der Waals surface area (Å²) >= 11 is 1.49. The summed E-state index contributed by atoms with van der Waals surface area (Å²) < 4.78 is 14.0. The first-order valence-corrected chi connectivity index (χ1v) is 10.9. The average molecular weight is 416 g/mol. The highest BCUT2D eigenvalue weighted by Gasteiger charge is 2.23. The van der Waals surface area contributed by atoms with E-state index in [-0.39, 0.29) is 17.4 Å². The number of carbonyl (C=O) groups is 2. The Morgan fingerprint density at radius 3 is 2.41 bits per heavy atom. The van der Waals surface area contributed by atoms with Gasteiger partial charge in [-0.25, -0.2) is 4.39 Å². The molecule has 0 aromatic heterocycles. The predicted molar refractivity (Wildman–Crippen MR) is 117 cm³/mol. The van der Waals surface area contributed by atoms with Crippen LogP contribution in [0.15, 0.2) is 42.5 Å². The van der Waals surface area contributed by atoms with Gasteiger partial charge in [0, 0.05) is 43.1 Å². The van der Waals surface area contributed by atoms with Crippen LogP contribution in [0.25, 0.3) is 0 Å². The molecule has 1 aliphatic rings. The molecule has 2 amide bonds. The third-order valence-corrected chi connectivity index (χ3v) is 5.71. The molecule has 0 radical (unpaired) electrons. The van der Waals surface area contributed by atoms with Gasteiger partial charge in [0.05, 0.1) is 5.75 Å². The monoisotopic (exact) mass is 415 g/mol. The molecule has 5 nitrogen and oxygen atoms in total. The van der Waals surface area contributed by atoms with Gasteiger partial charge in [-0.2, -0.15) is 11.8 Å². The van der Waals surface area contributed by atoms with Crippen molar-refractivity contribution in [2.45, 2.75) is 13.8 Å². The van der Waals surface area contributed by atoms with Gasteiger partial charge in [-0.1, -0.05) is 24.6 Å². The smallest absolute Gasteiger partial charge is 0.254 e. The Balaban J connectivity index is 1.63. The van der Waals surface area contributed by atoms with E-state index in [1.807, 2.05) is 6.92 Å². The molecule has 29 heavy (non-hydrogen) atoms. The van der Waals surface area contributed by atoms with Crippen LogP contribution in [0.5, 0.6) is 0 Å². The maximum atomic E-state index is 14.0. The fraction of sp³-hybridized carbons (Fsp3) is 0.364. The van der Waals surface area contributed by atoms with Crippen LogP contribution < -0.4 is 10.2 Å². The zero-order chi connectivity index (χ0) is 20.8. The minimum absolute atomic E-state index is 0.201. The van der Waals surface area contributed by atoms with Gasteiger partial charge < -0.3 is 15.1 Å². The van der Waals surface area contributed by atoms with E-state index >= 15 is 0 Å². The van der Waals surface area contributed by atoms with Gasteiger partial charge in [0.1, 0.15) is 5.82 Å². The first-order valence-electron chi connectivity index (χ1n) is 9.75. The number of piperazine rings is 1. The summed E-state index contributed by atoms with van der Waals surface area (Å²) in [5, 5.41) is 2.67.